The number of aliphatic imine (C=N–C) groups is 1. The first-order chi connectivity index (χ1) is 12.6. The minimum Gasteiger partial charge on any atom is -0.356 e. The number of piperidine rings is 1. The molecule has 0 spiro atoms. The van der Waals surface area contributed by atoms with Crippen LogP contribution < -0.4 is 10.6 Å². The van der Waals surface area contributed by atoms with Gasteiger partial charge in [-0.2, -0.15) is 0 Å². The zero-order valence-corrected chi connectivity index (χ0v) is 19.8. The van der Waals surface area contributed by atoms with Crippen LogP contribution >= 0.6 is 24.0 Å². The predicted octanol–water partition coefficient (Wildman–Crippen LogP) is 3.34. The van der Waals surface area contributed by atoms with Crippen LogP contribution in [-0.4, -0.2) is 69.1 Å². The summed E-state index contributed by atoms with van der Waals surface area (Å²) in [4.78, 5) is 9.24. The first-order valence-corrected chi connectivity index (χ1v) is 10.0. The van der Waals surface area contributed by atoms with E-state index in [9.17, 15) is 0 Å². The number of nitrogens with one attached hydrogen (secondary N) is 2. The number of hydrogen-bond donors (Lipinski definition) is 2. The van der Waals surface area contributed by atoms with Crippen molar-refractivity contribution in [1.29, 1.82) is 0 Å². The van der Waals surface area contributed by atoms with Crippen molar-refractivity contribution >= 4 is 29.9 Å². The van der Waals surface area contributed by atoms with E-state index in [-0.39, 0.29) is 24.0 Å². The van der Waals surface area contributed by atoms with E-state index >= 15 is 0 Å². The Hall–Kier alpha value is -0.860. The number of halogens is 1. The van der Waals surface area contributed by atoms with E-state index in [4.69, 9.17) is 0 Å². The Bertz CT molecular complexity index is 535. The molecule has 0 bridgehead atoms. The standard InChI is InChI=1S/C21H37N5.HI/c1-18-11-8-9-15-26(18)16-10-14-23-21(22-2)24-17-20(25(3)4)19-12-6-5-7-13-19;/h5-7,12-13,18,20H,8-11,14-17H2,1-4H3,(H2,22,23,24);1H. The first kappa shape index (κ1) is 24.2. The lowest BCUT2D eigenvalue weighted by Gasteiger charge is -2.33. The van der Waals surface area contributed by atoms with E-state index in [1.165, 1.54) is 37.9 Å². The summed E-state index contributed by atoms with van der Waals surface area (Å²) < 4.78 is 0. The van der Waals surface area contributed by atoms with Crippen LogP contribution in [0.4, 0.5) is 0 Å². The van der Waals surface area contributed by atoms with Crippen LogP contribution in [-0.2, 0) is 0 Å². The molecule has 6 heteroatoms. The van der Waals surface area contributed by atoms with E-state index in [0.717, 1.165) is 31.5 Å². The van der Waals surface area contributed by atoms with Crippen molar-refractivity contribution in [2.45, 2.75) is 44.7 Å². The molecule has 1 aromatic rings. The summed E-state index contributed by atoms with van der Waals surface area (Å²) in [6.07, 6.45) is 5.25. The molecule has 5 nitrogen and oxygen atoms in total. The summed E-state index contributed by atoms with van der Waals surface area (Å²) in [6.45, 7) is 6.59. The second-order valence-corrected chi connectivity index (χ2v) is 7.50. The van der Waals surface area contributed by atoms with E-state index in [0.29, 0.717) is 6.04 Å². The molecule has 0 saturated carbocycles. The molecule has 1 heterocycles. The van der Waals surface area contributed by atoms with Gasteiger partial charge in [-0.05, 0) is 52.4 Å². The van der Waals surface area contributed by atoms with Gasteiger partial charge in [0.2, 0.25) is 0 Å². The van der Waals surface area contributed by atoms with Gasteiger partial charge in [-0.25, -0.2) is 0 Å². The van der Waals surface area contributed by atoms with Gasteiger partial charge < -0.3 is 20.4 Å². The quantitative estimate of drug-likeness (QED) is 0.256. The number of nitrogens with zero attached hydrogens (tertiary/aromatic N) is 3. The zero-order valence-electron chi connectivity index (χ0n) is 17.4. The highest BCUT2D eigenvalue weighted by atomic mass is 127. The fourth-order valence-corrected chi connectivity index (χ4v) is 3.67. The molecule has 0 amide bonds. The lowest BCUT2D eigenvalue weighted by molar-refractivity contribution is 0.159. The SMILES string of the molecule is CN=C(NCCCN1CCCCC1C)NCC(c1ccccc1)N(C)C.I. The predicted molar refractivity (Wildman–Crippen MR) is 127 cm³/mol. The van der Waals surface area contributed by atoms with Gasteiger partial charge in [-0.1, -0.05) is 36.8 Å². The van der Waals surface area contributed by atoms with Gasteiger partial charge in [-0.3, -0.25) is 4.99 Å². The van der Waals surface area contributed by atoms with Crippen molar-refractivity contribution in [3.05, 3.63) is 35.9 Å². The minimum atomic E-state index is 0. The molecular formula is C21H38IN5. The molecule has 154 valence electrons. The third-order valence-corrected chi connectivity index (χ3v) is 5.35. The summed E-state index contributed by atoms with van der Waals surface area (Å²) in [6, 6.07) is 11.7. The molecule has 2 atom stereocenters. The Labute approximate surface area is 183 Å². The molecule has 2 N–H and O–H groups in total. The average Bonchev–Trinajstić information content (AvgIpc) is 2.65. The smallest absolute Gasteiger partial charge is 0.191 e. The molecule has 2 rings (SSSR count). The molecule has 1 aliphatic rings. The van der Waals surface area contributed by atoms with Crippen molar-refractivity contribution in [1.82, 2.24) is 20.4 Å². The molecule has 1 fully saturated rings. The highest BCUT2D eigenvalue weighted by molar-refractivity contribution is 14.0. The maximum atomic E-state index is 4.37. The van der Waals surface area contributed by atoms with Gasteiger partial charge in [0.15, 0.2) is 5.96 Å². The van der Waals surface area contributed by atoms with Gasteiger partial charge in [0, 0.05) is 32.7 Å². The summed E-state index contributed by atoms with van der Waals surface area (Å²) in [7, 11) is 6.08. The van der Waals surface area contributed by atoms with E-state index in [2.05, 4.69) is 76.8 Å². The first-order valence-electron chi connectivity index (χ1n) is 10.0. The van der Waals surface area contributed by atoms with Gasteiger partial charge in [0.05, 0.1) is 6.04 Å². The topological polar surface area (TPSA) is 42.9 Å². The third-order valence-electron chi connectivity index (χ3n) is 5.35. The highest BCUT2D eigenvalue weighted by Gasteiger charge is 2.17. The number of likely N-dealkylation sites (tertiary alicyclic amines) is 1. The number of likely N-dealkylation sites (N-methyl/N-ethyl adjacent to an activating group) is 1. The van der Waals surface area contributed by atoms with Crippen molar-refractivity contribution in [3.8, 4) is 0 Å². The van der Waals surface area contributed by atoms with Crippen molar-refractivity contribution in [2.24, 2.45) is 4.99 Å². The van der Waals surface area contributed by atoms with E-state index in [1.54, 1.807) is 0 Å². The number of guanidine groups is 1. The van der Waals surface area contributed by atoms with Gasteiger partial charge in [-0.15, -0.1) is 24.0 Å². The summed E-state index contributed by atoms with van der Waals surface area (Å²) >= 11 is 0. The van der Waals surface area contributed by atoms with E-state index in [1.807, 2.05) is 7.05 Å². The monoisotopic (exact) mass is 487 g/mol. The number of benzene rings is 1. The summed E-state index contributed by atoms with van der Waals surface area (Å²) in [5.41, 5.74) is 1.32. The Morgan fingerprint density at radius 1 is 1.22 bits per heavy atom. The van der Waals surface area contributed by atoms with Crippen molar-refractivity contribution < 1.29 is 0 Å². The molecular weight excluding hydrogens is 449 g/mol. The second-order valence-electron chi connectivity index (χ2n) is 7.50. The average molecular weight is 487 g/mol. The molecule has 0 radical (unpaired) electrons. The molecule has 27 heavy (non-hydrogen) atoms. The normalized spacial score (nSPS) is 19.4. The maximum Gasteiger partial charge on any atom is 0.191 e. The number of hydrogen-bond acceptors (Lipinski definition) is 3. The molecule has 1 aromatic carbocycles. The Balaban J connectivity index is 0.00000364. The van der Waals surface area contributed by atoms with Crippen molar-refractivity contribution in [2.75, 3.05) is 47.3 Å². The van der Waals surface area contributed by atoms with Crippen LogP contribution in [0.2, 0.25) is 0 Å². The number of rotatable bonds is 8. The van der Waals surface area contributed by atoms with E-state index < -0.39 is 0 Å². The van der Waals surface area contributed by atoms with Crippen LogP contribution in [0, 0.1) is 0 Å². The second kappa shape index (κ2) is 13.3. The minimum absolute atomic E-state index is 0. The summed E-state index contributed by atoms with van der Waals surface area (Å²) in [5.74, 6) is 0.888. The Kier molecular flexibility index (Phi) is 11.9. The molecule has 2 unspecified atom stereocenters. The summed E-state index contributed by atoms with van der Waals surface area (Å²) in [5, 5.41) is 6.94. The highest BCUT2D eigenvalue weighted by Crippen LogP contribution is 2.17. The molecule has 0 aliphatic carbocycles. The van der Waals surface area contributed by atoms with Crippen LogP contribution in [0.3, 0.4) is 0 Å². The van der Waals surface area contributed by atoms with Crippen LogP contribution in [0.1, 0.15) is 44.2 Å². The van der Waals surface area contributed by atoms with Gasteiger partial charge >= 0.3 is 0 Å². The van der Waals surface area contributed by atoms with Crippen molar-refractivity contribution in [3.63, 3.8) is 0 Å². The Morgan fingerprint density at radius 3 is 2.59 bits per heavy atom. The fraction of sp³-hybridized carbons (Fsp3) is 0.667. The largest absolute Gasteiger partial charge is 0.356 e. The molecule has 1 aliphatic heterocycles. The lowest BCUT2D eigenvalue weighted by atomic mass is 10.0. The van der Waals surface area contributed by atoms with Crippen LogP contribution in [0.25, 0.3) is 0 Å². The maximum absolute atomic E-state index is 4.37. The molecule has 1 saturated heterocycles. The van der Waals surface area contributed by atoms with Gasteiger partial charge in [0.1, 0.15) is 0 Å². The fourth-order valence-electron chi connectivity index (χ4n) is 3.67. The Morgan fingerprint density at radius 2 is 1.96 bits per heavy atom. The van der Waals surface area contributed by atoms with Gasteiger partial charge in [0.25, 0.3) is 0 Å². The van der Waals surface area contributed by atoms with Crippen LogP contribution in [0.5, 0.6) is 0 Å². The lowest BCUT2D eigenvalue weighted by Crippen LogP contribution is -2.43. The zero-order chi connectivity index (χ0) is 18.8. The third kappa shape index (κ3) is 8.35. The van der Waals surface area contributed by atoms with Crippen LogP contribution in [0.15, 0.2) is 35.3 Å². The molecule has 0 aromatic heterocycles.